The van der Waals surface area contributed by atoms with Gasteiger partial charge in [0.05, 0.1) is 34.9 Å². The van der Waals surface area contributed by atoms with Gasteiger partial charge in [0.25, 0.3) is 15.9 Å². The number of ether oxygens (including phenoxy) is 1. The van der Waals surface area contributed by atoms with E-state index in [1.165, 1.54) is 22.5 Å². The molecule has 1 aliphatic heterocycles. The second kappa shape index (κ2) is 9.64. The molecule has 1 unspecified atom stereocenters. The SMILES string of the molecule is C=CCN(c1ccccc1Cl)S(=O)(=O)c1cccc(C(=O)N2CCOC(CC)C2)c1. The third-order valence-corrected chi connectivity index (χ3v) is 7.06. The molecular formula is C22H25ClN2O4S. The molecule has 0 N–H and O–H groups in total. The Labute approximate surface area is 182 Å². The molecule has 0 aromatic heterocycles. The van der Waals surface area contributed by atoms with Crippen molar-refractivity contribution in [1.29, 1.82) is 0 Å². The van der Waals surface area contributed by atoms with E-state index in [0.29, 0.717) is 36.0 Å². The predicted octanol–water partition coefficient (Wildman–Crippen LogP) is 3.97. The lowest BCUT2D eigenvalue weighted by molar-refractivity contribution is -0.0226. The number of sulfonamides is 1. The Bertz CT molecular complexity index is 1030. The van der Waals surface area contributed by atoms with Crippen molar-refractivity contribution in [1.82, 2.24) is 4.90 Å². The van der Waals surface area contributed by atoms with Crippen LogP contribution in [0.25, 0.3) is 0 Å². The second-order valence-electron chi connectivity index (χ2n) is 6.96. The maximum Gasteiger partial charge on any atom is 0.264 e. The number of halogens is 1. The lowest BCUT2D eigenvalue weighted by Gasteiger charge is -2.32. The van der Waals surface area contributed by atoms with Crippen molar-refractivity contribution in [3.05, 3.63) is 71.8 Å². The number of morpholine rings is 1. The summed E-state index contributed by atoms with van der Waals surface area (Å²) in [6, 6.07) is 12.8. The Morgan fingerprint density at radius 1 is 1.30 bits per heavy atom. The predicted molar refractivity (Wildman–Crippen MR) is 119 cm³/mol. The maximum atomic E-state index is 13.4. The standard InChI is InChI=1S/C22H25ClN2O4S/c1-3-12-25(21-11-6-5-10-20(21)23)30(27,28)19-9-7-8-17(15-19)22(26)24-13-14-29-18(4-2)16-24/h3,5-11,15,18H,1,4,12-14,16H2,2H3. The molecule has 0 saturated carbocycles. The molecule has 8 heteroatoms. The molecule has 0 aliphatic carbocycles. The Morgan fingerprint density at radius 2 is 2.07 bits per heavy atom. The second-order valence-corrected chi connectivity index (χ2v) is 9.23. The summed E-state index contributed by atoms with van der Waals surface area (Å²) in [5.74, 6) is -0.207. The van der Waals surface area contributed by atoms with Crippen LogP contribution in [0.2, 0.25) is 5.02 Å². The number of para-hydroxylation sites is 1. The zero-order valence-electron chi connectivity index (χ0n) is 16.8. The lowest BCUT2D eigenvalue weighted by atomic mass is 10.1. The summed E-state index contributed by atoms with van der Waals surface area (Å²) >= 11 is 6.25. The number of rotatable bonds is 7. The summed E-state index contributed by atoms with van der Waals surface area (Å²) in [6.07, 6.45) is 2.30. The molecular weight excluding hydrogens is 424 g/mol. The van der Waals surface area contributed by atoms with Crippen LogP contribution in [-0.4, -0.2) is 51.6 Å². The number of carbonyl (C=O) groups excluding carboxylic acids is 1. The van der Waals surface area contributed by atoms with Crippen LogP contribution in [0.15, 0.2) is 66.1 Å². The first-order valence-electron chi connectivity index (χ1n) is 9.77. The summed E-state index contributed by atoms with van der Waals surface area (Å²) in [7, 11) is -3.96. The first-order chi connectivity index (χ1) is 14.4. The third-order valence-electron chi connectivity index (χ3n) is 4.97. The zero-order valence-corrected chi connectivity index (χ0v) is 18.4. The fraction of sp³-hybridized carbons (Fsp3) is 0.318. The molecule has 0 spiro atoms. The Kier molecular flexibility index (Phi) is 7.18. The van der Waals surface area contributed by atoms with E-state index in [9.17, 15) is 13.2 Å². The quantitative estimate of drug-likeness (QED) is 0.601. The highest BCUT2D eigenvalue weighted by molar-refractivity contribution is 7.92. The van der Waals surface area contributed by atoms with Crippen molar-refractivity contribution in [3.63, 3.8) is 0 Å². The summed E-state index contributed by atoms with van der Waals surface area (Å²) in [5, 5.41) is 0.314. The highest BCUT2D eigenvalue weighted by Gasteiger charge is 2.28. The molecule has 1 heterocycles. The van der Waals surface area contributed by atoms with Crippen LogP contribution >= 0.6 is 11.6 Å². The van der Waals surface area contributed by atoms with Crippen molar-refractivity contribution >= 4 is 33.2 Å². The van der Waals surface area contributed by atoms with Gasteiger partial charge in [0.1, 0.15) is 0 Å². The molecule has 2 aromatic carbocycles. The molecule has 6 nitrogen and oxygen atoms in total. The van der Waals surface area contributed by atoms with E-state index in [1.54, 1.807) is 41.3 Å². The Morgan fingerprint density at radius 3 is 2.77 bits per heavy atom. The van der Waals surface area contributed by atoms with Crippen LogP contribution in [0, 0.1) is 0 Å². The zero-order chi connectivity index (χ0) is 21.7. The average molecular weight is 449 g/mol. The van der Waals surface area contributed by atoms with E-state index in [-0.39, 0.29) is 23.5 Å². The van der Waals surface area contributed by atoms with E-state index in [1.807, 2.05) is 6.92 Å². The van der Waals surface area contributed by atoms with E-state index >= 15 is 0 Å². The van der Waals surface area contributed by atoms with Crippen LogP contribution in [0.4, 0.5) is 5.69 Å². The highest BCUT2D eigenvalue weighted by atomic mass is 35.5. The van der Waals surface area contributed by atoms with Crippen molar-refractivity contribution < 1.29 is 17.9 Å². The number of hydrogen-bond acceptors (Lipinski definition) is 4. The third kappa shape index (κ3) is 4.69. The van der Waals surface area contributed by atoms with Gasteiger partial charge in [-0.2, -0.15) is 0 Å². The van der Waals surface area contributed by atoms with Crippen molar-refractivity contribution in [2.75, 3.05) is 30.5 Å². The minimum absolute atomic E-state index is 0.00193. The molecule has 30 heavy (non-hydrogen) atoms. The molecule has 1 fully saturated rings. The van der Waals surface area contributed by atoms with Gasteiger partial charge in [-0.25, -0.2) is 8.42 Å². The Hall–Kier alpha value is -2.35. The van der Waals surface area contributed by atoms with Crippen LogP contribution in [0.1, 0.15) is 23.7 Å². The molecule has 3 rings (SSSR count). The Balaban J connectivity index is 1.94. The summed E-state index contributed by atoms with van der Waals surface area (Å²) in [6.45, 7) is 7.17. The fourth-order valence-electron chi connectivity index (χ4n) is 3.35. The largest absolute Gasteiger partial charge is 0.375 e. The molecule has 0 bridgehead atoms. The van der Waals surface area contributed by atoms with E-state index in [2.05, 4.69) is 6.58 Å². The van der Waals surface area contributed by atoms with Gasteiger partial charge in [0.2, 0.25) is 0 Å². The van der Waals surface area contributed by atoms with Gasteiger partial charge in [-0.1, -0.05) is 42.8 Å². The number of anilines is 1. The van der Waals surface area contributed by atoms with Gasteiger partial charge in [-0.05, 0) is 36.8 Å². The average Bonchev–Trinajstić information content (AvgIpc) is 2.77. The molecule has 1 aliphatic rings. The molecule has 2 aromatic rings. The molecule has 1 atom stereocenters. The fourth-order valence-corrected chi connectivity index (χ4v) is 5.14. The summed E-state index contributed by atoms with van der Waals surface area (Å²) < 4.78 is 33.6. The number of nitrogens with zero attached hydrogens (tertiary/aromatic N) is 2. The maximum absolute atomic E-state index is 13.4. The number of benzene rings is 2. The van der Waals surface area contributed by atoms with E-state index in [4.69, 9.17) is 16.3 Å². The van der Waals surface area contributed by atoms with Crippen molar-refractivity contribution in [2.45, 2.75) is 24.3 Å². The van der Waals surface area contributed by atoms with E-state index < -0.39 is 10.0 Å². The van der Waals surface area contributed by atoms with Crippen LogP contribution in [-0.2, 0) is 14.8 Å². The van der Waals surface area contributed by atoms with Gasteiger partial charge in [0, 0.05) is 18.7 Å². The first kappa shape index (κ1) is 22.3. The monoisotopic (exact) mass is 448 g/mol. The number of carbonyl (C=O) groups is 1. The van der Waals surface area contributed by atoms with Gasteiger partial charge in [0.15, 0.2) is 0 Å². The van der Waals surface area contributed by atoms with Crippen LogP contribution in [0.3, 0.4) is 0 Å². The van der Waals surface area contributed by atoms with Gasteiger partial charge >= 0.3 is 0 Å². The molecule has 1 saturated heterocycles. The minimum atomic E-state index is -3.96. The van der Waals surface area contributed by atoms with Crippen molar-refractivity contribution in [3.8, 4) is 0 Å². The summed E-state index contributed by atoms with van der Waals surface area (Å²) in [4.78, 5) is 14.7. The topological polar surface area (TPSA) is 66.9 Å². The highest BCUT2D eigenvalue weighted by Crippen LogP contribution is 2.30. The normalized spacial score (nSPS) is 16.9. The van der Waals surface area contributed by atoms with Crippen LogP contribution in [0.5, 0.6) is 0 Å². The smallest absolute Gasteiger partial charge is 0.264 e. The van der Waals surface area contributed by atoms with Crippen LogP contribution < -0.4 is 4.31 Å². The first-order valence-corrected chi connectivity index (χ1v) is 11.6. The lowest BCUT2D eigenvalue weighted by Crippen LogP contribution is -2.45. The molecule has 160 valence electrons. The van der Waals surface area contributed by atoms with E-state index in [0.717, 1.165) is 6.42 Å². The number of amides is 1. The summed E-state index contributed by atoms with van der Waals surface area (Å²) in [5.41, 5.74) is 0.681. The number of hydrogen-bond donors (Lipinski definition) is 0. The van der Waals surface area contributed by atoms with Gasteiger partial charge in [-0.15, -0.1) is 6.58 Å². The van der Waals surface area contributed by atoms with Crippen molar-refractivity contribution in [2.24, 2.45) is 0 Å². The molecule has 1 amide bonds. The molecule has 0 radical (unpaired) electrons. The minimum Gasteiger partial charge on any atom is -0.375 e. The van der Waals surface area contributed by atoms with Gasteiger partial charge in [-0.3, -0.25) is 9.10 Å². The van der Waals surface area contributed by atoms with Gasteiger partial charge < -0.3 is 9.64 Å².